The Balaban J connectivity index is 2.35. The van der Waals surface area contributed by atoms with Gasteiger partial charge in [0.1, 0.15) is 6.04 Å². The van der Waals surface area contributed by atoms with E-state index < -0.39 is 18.1 Å². The minimum Gasteiger partial charge on any atom is -0.467 e. The van der Waals surface area contributed by atoms with Gasteiger partial charge in [-0.3, -0.25) is 4.90 Å². The normalized spacial score (nSPS) is 17.4. The van der Waals surface area contributed by atoms with Gasteiger partial charge in [-0.25, -0.2) is 9.59 Å². The maximum Gasteiger partial charge on any atom is 0.410 e. The van der Waals surface area contributed by atoms with Gasteiger partial charge >= 0.3 is 12.1 Å². The minimum atomic E-state index is -0.618. The van der Waals surface area contributed by atoms with Crippen LogP contribution in [0.1, 0.15) is 23.6 Å². The molecule has 5 heteroatoms. The predicted octanol–water partition coefficient (Wildman–Crippen LogP) is 2.05. The molecule has 1 atom stereocenters. The highest BCUT2D eigenvalue weighted by molar-refractivity contribution is 5.82. The first-order valence-electron chi connectivity index (χ1n) is 6.67. The van der Waals surface area contributed by atoms with Gasteiger partial charge in [0.05, 0.1) is 20.3 Å². The van der Waals surface area contributed by atoms with Crippen molar-refractivity contribution in [1.29, 1.82) is 0 Å². The minimum absolute atomic E-state index is 0.282. The van der Waals surface area contributed by atoms with E-state index in [0.29, 0.717) is 13.0 Å². The fraction of sp³-hybridized carbons (Fsp3) is 0.467. The summed E-state index contributed by atoms with van der Waals surface area (Å²) in [6.07, 6.45) is -0.0110. The lowest BCUT2D eigenvalue weighted by Crippen LogP contribution is -2.49. The molecule has 1 amide bonds. The SMILES string of the molecule is CCOC(=O)N1Cc2cccc(C)c2C[C@@H]1C(=O)OC. The number of esters is 1. The predicted molar refractivity (Wildman–Crippen MR) is 73.3 cm³/mol. The van der Waals surface area contributed by atoms with Crippen molar-refractivity contribution < 1.29 is 19.1 Å². The van der Waals surface area contributed by atoms with Crippen LogP contribution in [0.15, 0.2) is 18.2 Å². The Bertz CT molecular complexity index is 527. The largest absolute Gasteiger partial charge is 0.467 e. The number of rotatable bonds is 2. The smallest absolute Gasteiger partial charge is 0.410 e. The summed E-state index contributed by atoms with van der Waals surface area (Å²) in [5.41, 5.74) is 3.29. The van der Waals surface area contributed by atoms with E-state index in [1.54, 1.807) is 6.92 Å². The standard InChI is InChI=1S/C15H19NO4/c1-4-20-15(18)16-9-11-7-5-6-10(2)12(11)8-13(16)14(17)19-3/h5-7,13H,4,8-9H2,1-3H3/t13-/m1/s1. The van der Waals surface area contributed by atoms with E-state index in [1.165, 1.54) is 12.0 Å². The molecule has 0 unspecified atom stereocenters. The summed E-state index contributed by atoms with van der Waals surface area (Å²) in [5.74, 6) is -0.410. The molecule has 0 bridgehead atoms. The number of amides is 1. The molecular weight excluding hydrogens is 258 g/mol. The number of aryl methyl sites for hydroxylation is 1. The highest BCUT2D eigenvalue weighted by Crippen LogP contribution is 2.27. The van der Waals surface area contributed by atoms with Crippen LogP contribution in [0.3, 0.4) is 0 Å². The molecule has 20 heavy (non-hydrogen) atoms. The van der Waals surface area contributed by atoms with Gasteiger partial charge in [0.25, 0.3) is 0 Å². The van der Waals surface area contributed by atoms with Crippen molar-refractivity contribution in [2.75, 3.05) is 13.7 Å². The second-order valence-corrected chi connectivity index (χ2v) is 4.78. The van der Waals surface area contributed by atoms with Gasteiger partial charge in [0.2, 0.25) is 0 Å². The second kappa shape index (κ2) is 5.94. The zero-order valence-electron chi connectivity index (χ0n) is 12.0. The van der Waals surface area contributed by atoms with Gasteiger partial charge in [-0.05, 0) is 30.5 Å². The molecule has 1 heterocycles. The van der Waals surface area contributed by atoms with Crippen LogP contribution in [-0.2, 0) is 27.2 Å². The number of fused-ring (bicyclic) bond motifs is 1. The van der Waals surface area contributed by atoms with E-state index in [2.05, 4.69) is 0 Å². The highest BCUT2D eigenvalue weighted by Gasteiger charge is 2.36. The van der Waals surface area contributed by atoms with E-state index in [1.807, 2.05) is 25.1 Å². The fourth-order valence-electron chi connectivity index (χ4n) is 2.55. The van der Waals surface area contributed by atoms with E-state index in [-0.39, 0.29) is 6.61 Å². The fourth-order valence-corrected chi connectivity index (χ4v) is 2.55. The number of benzene rings is 1. The van der Waals surface area contributed by atoms with E-state index in [0.717, 1.165) is 16.7 Å². The van der Waals surface area contributed by atoms with Gasteiger partial charge in [-0.15, -0.1) is 0 Å². The summed E-state index contributed by atoms with van der Waals surface area (Å²) in [4.78, 5) is 25.4. The molecule has 0 saturated heterocycles. The maximum absolute atomic E-state index is 12.0. The lowest BCUT2D eigenvalue weighted by atomic mass is 9.91. The van der Waals surface area contributed by atoms with E-state index in [9.17, 15) is 9.59 Å². The lowest BCUT2D eigenvalue weighted by Gasteiger charge is -2.34. The molecule has 108 valence electrons. The van der Waals surface area contributed by atoms with Crippen LogP contribution in [-0.4, -0.2) is 36.7 Å². The van der Waals surface area contributed by atoms with Crippen molar-refractivity contribution in [1.82, 2.24) is 4.90 Å². The van der Waals surface area contributed by atoms with Crippen LogP contribution < -0.4 is 0 Å². The molecule has 5 nitrogen and oxygen atoms in total. The van der Waals surface area contributed by atoms with Crippen molar-refractivity contribution in [3.8, 4) is 0 Å². The molecule has 0 N–H and O–H groups in total. The van der Waals surface area contributed by atoms with Crippen molar-refractivity contribution >= 4 is 12.1 Å². The van der Waals surface area contributed by atoms with Gasteiger partial charge in [-0.1, -0.05) is 18.2 Å². The Morgan fingerprint density at radius 3 is 2.80 bits per heavy atom. The first-order chi connectivity index (χ1) is 9.58. The third-order valence-corrected chi connectivity index (χ3v) is 3.60. The summed E-state index contributed by atoms with van der Waals surface area (Å²) < 4.78 is 9.85. The number of carbonyl (C=O) groups excluding carboxylic acids is 2. The Labute approximate surface area is 118 Å². The van der Waals surface area contributed by atoms with Crippen LogP contribution in [0.5, 0.6) is 0 Å². The van der Waals surface area contributed by atoms with E-state index in [4.69, 9.17) is 9.47 Å². The van der Waals surface area contributed by atoms with Gasteiger partial charge in [0.15, 0.2) is 0 Å². The highest BCUT2D eigenvalue weighted by atomic mass is 16.6. The summed E-state index contributed by atoms with van der Waals surface area (Å²) in [6.45, 7) is 4.40. The van der Waals surface area contributed by atoms with Crippen molar-refractivity contribution in [3.63, 3.8) is 0 Å². The molecule has 0 aliphatic carbocycles. The van der Waals surface area contributed by atoms with Crippen LogP contribution in [0.25, 0.3) is 0 Å². The van der Waals surface area contributed by atoms with Gasteiger partial charge in [-0.2, -0.15) is 0 Å². The summed E-state index contributed by atoms with van der Waals surface area (Å²) in [6, 6.07) is 5.32. The van der Waals surface area contributed by atoms with Crippen LogP contribution in [0.4, 0.5) is 4.79 Å². The molecule has 0 radical (unpaired) electrons. The Kier molecular flexibility index (Phi) is 4.27. The van der Waals surface area contributed by atoms with Crippen molar-refractivity contribution in [2.45, 2.75) is 32.9 Å². The molecular formula is C15H19NO4. The van der Waals surface area contributed by atoms with E-state index >= 15 is 0 Å². The third kappa shape index (κ3) is 2.61. The van der Waals surface area contributed by atoms with Crippen LogP contribution in [0, 0.1) is 6.92 Å². The van der Waals surface area contributed by atoms with Crippen LogP contribution in [0.2, 0.25) is 0 Å². The number of nitrogens with zero attached hydrogens (tertiary/aromatic N) is 1. The summed E-state index contributed by atoms with van der Waals surface area (Å²) in [5, 5.41) is 0. The Morgan fingerprint density at radius 1 is 1.40 bits per heavy atom. The Hall–Kier alpha value is -2.04. The Morgan fingerprint density at radius 2 is 2.15 bits per heavy atom. The molecule has 0 fully saturated rings. The van der Waals surface area contributed by atoms with Crippen LogP contribution >= 0.6 is 0 Å². The topological polar surface area (TPSA) is 55.8 Å². The first-order valence-corrected chi connectivity index (χ1v) is 6.67. The average Bonchev–Trinajstić information content (AvgIpc) is 2.46. The first kappa shape index (κ1) is 14.4. The molecule has 2 rings (SSSR count). The molecule has 0 aromatic heterocycles. The zero-order valence-corrected chi connectivity index (χ0v) is 12.0. The second-order valence-electron chi connectivity index (χ2n) is 4.78. The molecule has 0 saturated carbocycles. The molecule has 1 aromatic carbocycles. The monoisotopic (exact) mass is 277 g/mol. The van der Waals surface area contributed by atoms with Gasteiger partial charge in [0, 0.05) is 6.42 Å². The number of ether oxygens (including phenoxy) is 2. The lowest BCUT2D eigenvalue weighted by molar-refractivity contribution is -0.147. The quantitative estimate of drug-likeness (QED) is 0.776. The molecule has 0 spiro atoms. The average molecular weight is 277 g/mol. The van der Waals surface area contributed by atoms with Crippen molar-refractivity contribution in [3.05, 3.63) is 34.9 Å². The molecule has 1 aliphatic heterocycles. The number of hydrogen-bond acceptors (Lipinski definition) is 4. The van der Waals surface area contributed by atoms with Crippen molar-refractivity contribution in [2.24, 2.45) is 0 Å². The zero-order chi connectivity index (χ0) is 14.7. The third-order valence-electron chi connectivity index (χ3n) is 3.60. The number of hydrogen-bond donors (Lipinski definition) is 0. The summed E-state index contributed by atoms with van der Waals surface area (Å²) in [7, 11) is 1.33. The number of carbonyl (C=O) groups is 2. The maximum atomic E-state index is 12.0. The summed E-state index contributed by atoms with van der Waals surface area (Å²) >= 11 is 0. The molecule has 1 aliphatic rings. The molecule has 1 aromatic rings. The number of methoxy groups -OCH3 is 1. The van der Waals surface area contributed by atoms with Gasteiger partial charge < -0.3 is 9.47 Å².